The summed E-state index contributed by atoms with van der Waals surface area (Å²) in [4.78, 5) is 12.3. The van der Waals surface area contributed by atoms with Gasteiger partial charge in [0.15, 0.2) is 11.0 Å². The van der Waals surface area contributed by atoms with Crippen LogP contribution in [0.4, 0.5) is 4.39 Å². The van der Waals surface area contributed by atoms with Crippen LogP contribution >= 0.6 is 11.8 Å². The van der Waals surface area contributed by atoms with Crippen LogP contribution in [0.2, 0.25) is 0 Å². The van der Waals surface area contributed by atoms with Gasteiger partial charge >= 0.3 is 0 Å². The molecule has 0 saturated heterocycles. The Morgan fingerprint density at radius 3 is 2.69 bits per heavy atom. The molecule has 4 rings (SSSR count). The van der Waals surface area contributed by atoms with Crippen molar-refractivity contribution in [3.05, 3.63) is 59.9 Å². The highest BCUT2D eigenvalue weighted by atomic mass is 32.2. The van der Waals surface area contributed by atoms with Gasteiger partial charge < -0.3 is 5.32 Å². The van der Waals surface area contributed by atoms with Gasteiger partial charge in [-0.2, -0.15) is 5.10 Å². The Balaban J connectivity index is 1.46. The monoisotopic (exact) mass is 454 g/mol. The van der Waals surface area contributed by atoms with Crippen molar-refractivity contribution in [3.8, 4) is 5.69 Å². The largest absolute Gasteiger partial charge is 0.345 e. The first-order valence-electron chi connectivity index (χ1n) is 10.9. The molecule has 2 heterocycles. The normalized spacial score (nSPS) is 14.8. The second-order valence-electron chi connectivity index (χ2n) is 8.00. The summed E-state index contributed by atoms with van der Waals surface area (Å²) in [5.41, 5.74) is 1.65. The van der Waals surface area contributed by atoms with Gasteiger partial charge in [0.1, 0.15) is 5.82 Å². The van der Waals surface area contributed by atoms with Crippen molar-refractivity contribution in [2.75, 3.05) is 5.75 Å². The van der Waals surface area contributed by atoms with Crippen LogP contribution < -0.4 is 5.32 Å². The number of nitrogens with zero attached hydrogens (tertiary/aromatic N) is 5. The Labute approximate surface area is 191 Å². The molecular weight excluding hydrogens is 427 g/mol. The van der Waals surface area contributed by atoms with E-state index in [0.717, 1.165) is 22.3 Å². The lowest BCUT2D eigenvalue weighted by Crippen LogP contribution is -2.22. The van der Waals surface area contributed by atoms with Crippen LogP contribution in [0.15, 0.2) is 47.8 Å². The standard InChI is InChI=1S/C23H27FN6OS/c1-17-11-13-29(28-17)14-12-22(31)25-15-21-26-27-23(32-16-18-5-3-2-4-6-18)30(21)20-9-7-19(24)8-10-20/h7-14,18H,2-6,15-16H2,1H3,(H,25,31). The minimum atomic E-state index is -0.299. The molecule has 0 aliphatic heterocycles. The number of carbonyl (C=O) groups is 1. The van der Waals surface area contributed by atoms with Crippen LogP contribution in [0.25, 0.3) is 11.9 Å². The molecule has 0 bridgehead atoms. The zero-order valence-corrected chi connectivity index (χ0v) is 18.9. The Morgan fingerprint density at radius 1 is 1.19 bits per heavy atom. The van der Waals surface area contributed by atoms with Crippen molar-refractivity contribution in [2.24, 2.45) is 5.92 Å². The molecule has 0 unspecified atom stereocenters. The van der Waals surface area contributed by atoms with Crippen LogP contribution in [0.5, 0.6) is 0 Å². The van der Waals surface area contributed by atoms with Crippen LogP contribution in [0, 0.1) is 18.7 Å². The highest BCUT2D eigenvalue weighted by Gasteiger charge is 2.19. The molecular formula is C23H27FN6OS. The average Bonchev–Trinajstić information content (AvgIpc) is 3.42. The quantitative estimate of drug-likeness (QED) is 0.404. The summed E-state index contributed by atoms with van der Waals surface area (Å²) >= 11 is 1.67. The lowest BCUT2D eigenvalue weighted by Gasteiger charge is -2.20. The highest BCUT2D eigenvalue weighted by molar-refractivity contribution is 7.99. The summed E-state index contributed by atoms with van der Waals surface area (Å²) in [6, 6.07) is 8.10. The molecule has 3 aromatic rings. The second kappa shape index (κ2) is 10.6. The Morgan fingerprint density at radius 2 is 1.97 bits per heavy atom. The second-order valence-corrected chi connectivity index (χ2v) is 8.98. The topological polar surface area (TPSA) is 77.6 Å². The maximum Gasteiger partial charge on any atom is 0.245 e. The van der Waals surface area contributed by atoms with Crippen molar-refractivity contribution < 1.29 is 9.18 Å². The van der Waals surface area contributed by atoms with Gasteiger partial charge in [0.05, 0.1) is 12.2 Å². The van der Waals surface area contributed by atoms with Gasteiger partial charge in [0.25, 0.3) is 0 Å². The molecule has 0 spiro atoms. The van der Waals surface area contributed by atoms with E-state index in [9.17, 15) is 9.18 Å². The molecule has 1 aliphatic carbocycles. The van der Waals surface area contributed by atoms with Gasteiger partial charge in [0.2, 0.25) is 5.91 Å². The Kier molecular flexibility index (Phi) is 7.36. The average molecular weight is 455 g/mol. The first kappa shape index (κ1) is 22.3. The van der Waals surface area contributed by atoms with Crippen LogP contribution in [-0.4, -0.2) is 36.2 Å². The number of halogens is 1. The van der Waals surface area contributed by atoms with Crippen LogP contribution in [0.1, 0.15) is 43.6 Å². The number of nitrogens with one attached hydrogen (secondary N) is 1. The van der Waals surface area contributed by atoms with E-state index in [2.05, 4.69) is 20.6 Å². The Bertz CT molecular complexity index is 1070. The fourth-order valence-electron chi connectivity index (χ4n) is 3.79. The van der Waals surface area contributed by atoms with E-state index in [-0.39, 0.29) is 18.3 Å². The number of aryl methyl sites for hydroxylation is 1. The predicted octanol–water partition coefficient (Wildman–Crippen LogP) is 4.37. The number of hydrogen-bond donors (Lipinski definition) is 1. The molecule has 1 saturated carbocycles. The fraction of sp³-hybridized carbons (Fsp3) is 0.391. The van der Waals surface area contributed by atoms with E-state index in [1.807, 2.05) is 17.6 Å². The number of rotatable bonds is 8. The number of amides is 1. The zero-order chi connectivity index (χ0) is 22.3. The summed E-state index contributed by atoms with van der Waals surface area (Å²) < 4.78 is 17.0. The smallest absolute Gasteiger partial charge is 0.245 e. The van der Waals surface area contributed by atoms with E-state index in [0.29, 0.717) is 11.7 Å². The number of benzene rings is 1. The number of aromatic nitrogens is 5. The molecule has 1 fully saturated rings. The van der Waals surface area contributed by atoms with E-state index in [1.165, 1.54) is 50.3 Å². The maximum atomic E-state index is 13.5. The third-order valence-corrected chi connectivity index (χ3v) is 6.66. The molecule has 168 valence electrons. The molecule has 1 N–H and O–H groups in total. The van der Waals surface area contributed by atoms with Crippen LogP contribution in [0.3, 0.4) is 0 Å². The minimum Gasteiger partial charge on any atom is -0.345 e. The van der Waals surface area contributed by atoms with E-state index in [4.69, 9.17) is 0 Å². The molecule has 1 aliphatic rings. The van der Waals surface area contributed by atoms with Gasteiger partial charge in [-0.3, -0.25) is 9.36 Å². The predicted molar refractivity (Wildman–Crippen MR) is 123 cm³/mol. The van der Waals surface area contributed by atoms with Gasteiger partial charge in [-0.15, -0.1) is 10.2 Å². The van der Waals surface area contributed by atoms with Crippen LogP contribution in [-0.2, 0) is 11.3 Å². The van der Waals surface area contributed by atoms with Gasteiger partial charge in [0, 0.05) is 29.9 Å². The van der Waals surface area contributed by atoms with Crippen molar-refractivity contribution in [1.82, 2.24) is 29.9 Å². The first-order valence-corrected chi connectivity index (χ1v) is 11.9. The lowest BCUT2D eigenvalue weighted by molar-refractivity contribution is -0.116. The molecule has 2 aromatic heterocycles. The van der Waals surface area contributed by atoms with E-state index in [1.54, 1.807) is 41.0 Å². The van der Waals surface area contributed by atoms with Crippen molar-refractivity contribution in [1.29, 1.82) is 0 Å². The van der Waals surface area contributed by atoms with Crippen molar-refractivity contribution in [3.63, 3.8) is 0 Å². The SMILES string of the molecule is Cc1ccn(C=CC(=O)NCc2nnc(SCC3CCCCC3)n2-c2ccc(F)cc2)n1. The third kappa shape index (κ3) is 5.85. The zero-order valence-electron chi connectivity index (χ0n) is 18.1. The molecule has 1 aromatic carbocycles. The number of thioether (sulfide) groups is 1. The Hall–Kier alpha value is -2.94. The summed E-state index contributed by atoms with van der Waals surface area (Å²) in [6.45, 7) is 2.09. The minimum absolute atomic E-state index is 0.204. The fourth-order valence-corrected chi connectivity index (χ4v) is 4.95. The van der Waals surface area contributed by atoms with Gasteiger partial charge in [-0.05, 0) is 56.0 Å². The van der Waals surface area contributed by atoms with Gasteiger partial charge in [-0.1, -0.05) is 31.0 Å². The summed E-state index contributed by atoms with van der Waals surface area (Å²) in [7, 11) is 0. The molecule has 7 nitrogen and oxygen atoms in total. The molecule has 9 heteroatoms. The lowest BCUT2D eigenvalue weighted by atomic mass is 9.91. The maximum absolute atomic E-state index is 13.5. The van der Waals surface area contributed by atoms with Gasteiger partial charge in [-0.25, -0.2) is 9.07 Å². The number of hydrogen-bond acceptors (Lipinski definition) is 5. The van der Waals surface area contributed by atoms with Crippen molar-refractivity contribution in [2.45, 2.75) is 50.7 Å². The molecule has 1 amide bonds. The summed E-state index contributed by atoms with van der Waals surface area (Å²) in [5, 5.41) is 16.5. The number of carbonyl (C=O) groups excluding carboxylic acids is 1. The molecule has 0 atom stereocenters. The van der Waals surface area contributed by atoms with E-state index >= 15 is 0 Å². The molecule has 0 radical (unpaired) electrons. The molecule has 32 heavy (non-hydrogen) atoms. The van der Waals surface area contributed by atoms with Crippen molar-refractivity contribution >= 4 is 23.9 Å². The first-order chi connectivity index (χ1) is 15.6. The summed E-state index contributed by atoms with van der Waals surface area (Å²) in [5.74, 6) is 1.71. The summed E-state index contributed by atoms with van der Waals surface area (Å²) in [6.07, 6.45) is 11.2. The highest BCUT2D eigenvalue weighted by Crippen LogP contribution is 2.30. The van der Waals surface area contributed by atoms with E-state index < -0.39 is 0 Å². The third-order valence-electron chi connectivity index (χ3n) is 5.50.